The summed E-state index contributed by atoms with van der Waals surface area (Å²) >= 11 is 1.66. The highest BCUT2D eigenvalue weighted by Gasteiger charge is 2.17. The largest absolute Gasteiger partial charge is 0.383 e. The molecule has 0 bridgehead atoms. The zero-order valence-electron chi connectivity index (χ0n) is 9.77. The molecule has 0 spiro atoms. The second-order valence-corrected chi connectivity index (χ2v) is 5.07. The van der Waals surface area contributed by atoms with Gasteiger partial charge >= 0.3 is 0 Å². The Bertz CT molecular complexity index is 487. The molecule has 0 amide bonds. The van der Waals surface area contributed by atoms with E-state index in [9.17, 15) is 5.11 Å². The predicted molar refractivity (Wildman–Crippen MR) is 65.7 cm³/mol. The summed E-state index contributed by atoms with van der Waals surface area (Å²) in [5.74, 6) is 0. The van der Waals surface area contributed by atoms with E-state index in [1.807, 2.05) is 31.6 Å². The molecule has 2 aromatic heterocycles. The molecule has 4 heteroatoms. The molecule has 2 rings (SSSR count). The van der Waals surface area contributed by atoms with Crippen LogP contribution >= 0.6 is 11.3 Å². The molecule has 86 valence electrons. The highest BCUT2D eigenvalue weighted by Crippen LogP contribution is 2.27. The van der Waals surface area contributed by atoms with Crippen molar-refractivity contribution < 1.29 is 5.11 Å². The van der Waals surface area contributed by atoms with E-state index < -0.39 is 6.10 Å². The zero-order valence-corrected chi connectivity index (χ0v) is 10.6. The standard InChI is InChI=1S/C12H16N2OS/c1-4-11-10(6-14(3)13-11)12(15)9-5-8(2)16-7-9/h5-7,12,15H,4H2,1-3H3. The van der Waals surface area contributed by atoms with Gasteiger partial charge in [-0.3, -0.25) is 4.68 Å². The summed E-state index contributed by atoms with van der Waals surface area (Å²) in [6.07, 6.45) is 2.20. The third-order valence-corrected chi connectivity index (χ3v) is 3.51. The molecule has 1 unspecified atom stereocenters. The number of aromatic nitrogens is 2. The van der Waals surface area contributed by atoms with E-state index in [0.29, 0.717) is 0 Å². The van der Waals surface area contributed by atoms with Crippen molar-refractivity contribution in [1.82, 2.24) is 9.78 Å². The quantitative estimate of drug-likeness (QED) is 0.889. The Balaban J connectivity index is 2.36. The van der Waals surface area contributed by atoms with Crippen molar-refractivity contribution in [2.45, 2.75) is 26.4 Å². The molecule has 1 N–H and O–H groups in total. The van der Waals surface area contributed by atoms with Crippen LogP contribution in [-0.2, 0) is 13.5 Å². The molecule has 0 radical (unpaired) electrons. The minimum absolute atomic E-state index is 0.548. The van der Waals surface area contributed by atoms with Crippen LogP contribution < -0.4 is 0 Å². The van der Waals surface area contributed by atoms with Crippen LogP contribution in [-0.4, -0.2) is 14.9 Å². The summed E-state index contributed by atoms with van der Waals surface area (Å²) in [7, 11) is 1.88. The van der Waals surface area contributed by atoms with Gasteiger partial charge in [-0.1, -0.05) is 6.92 Å². The number of hydrogen-bond acceptors (Lipinski definition) is 3. The van der Waals surface area contributed by atoms with Crippen LogP contribution in [0.2, 0.25) is 0 Å². The monoisotopic (exact) mass is 236 g/mol. The third-order valence-electron chi connectivity index (χ3n) is 2.63. The number of nitrogens with zero attached hydrogens (tertiary/aromatic N) is 2. The third kappa shape index (κ3) is 2.03. The lowest BCUT2D eigenvalue weighted by Gasteiger charge is -2.07. The molecule has 16 heavy (non-hydrogen) atoms. The smallest absolute Gasteiger partial charge is 0.108 e. The number of hydrogen-bond donors (Lipinski definition) is 1. The maximum atomic E-state index is 10.3. The van der Waals surface area contributed by atoms with E-state index in [0.717, 1.165) is 23.2 Å². The van der Waals surface area contributed by atoms with Gasteiger partial charge in [-0.25, -0.2) is 0 Å². The minimum atomic E-state index is -0.548. The van der Waals surface area contributed by atoms with Crippen LogP contribution in [0.25, 0.3) is 0 Å². The highest BCUT2D eigenvalue weighted by molar-refractivity contribution is 7.10. The molecule has 0 fully saturated rings. The van der Waals surface area contributed by atoms with Crippen molar-refractivity contribution in [2.75, 3.05) is 0 Å². The molecule has 0 aliphatic carbocycles. The van der Waals surface area contributed by atoms with Crippen molar-refractivity contribution in [3.8, 4) is 0 Å². The Kier molecular flexibility index (Phi) is 3.12. The first-order valence-electron chi connectivity index (χ1n) is 5.37. The SMILES string of the molecule is CCc1nn(C)cc1C(O)c1csc(C)c1. The second-order valence-electron chi connectivity index (χ2n) is 3.95. The number of rotatable bonds is 3. The van der Waals surface area contributed by atoms with Crippen molar-refractivity contribution >= 4 is 11.3 Å². The number of thiophene rings is 1. The molecule has 0 aliphatic heterocycles. The first-order chi connectivity index (χ1) is 7.61. The Morgan fingerprint density at radius 3 is 2.88 bits per heavy atom. The van der Waals surface area contributed by atoms with Gasteiger partial charge in [-0.05, 0) is 30.4 Å². The van der Waals surface area contributed by atoms with Gasteiger partial charge in [0.05, 0.1) is 5.69 Å². The normalized spacial score (nSPS) is 13.0. The van der Waals surface area contributed by atoms with Crippen LogP contribution in [0, 0.1) is 6.92 Å². The predicted octanol–water partition coefficient (Wildman–Crippen LogP) is 2.43. The lowest BCUT2D eigenvalue weighted by atomic mass is 10.0. The molecule has 0 aromatic carbocycles. The number of aryl methyl sites for hydroxylation is 3. The molecule has 2 aromatic rings. The second kappa shape index (κ2) is 4.39. The fourth-order valence-corrected chi connectivity index (χ4v) is 2.57. The van der Waals surface area contributed by atoms with Crippen LogP contribution in [0.3, 0.4) is 0 Å². The summed E-state index contributed by atoms with van der Waals surface area (Å²) in [6, 6.07) is 2.03. The van der Waals surface area contributed by atoms with E-state index >= 15 is 0 Å². The average molecular weight is 236 g/mol. The van der Waals surface area contributed by atoms with E-state index in [2.05, 4.69) is 12.0 Å². The summed E-state index contributed by atoms with van der Waals surface area (Å²) in [5, 5.41) is 16.6. The van der Waals surface area contributed by atoms with Crippen LogP contribution in [0.4, 0.5) is 0 Å². The van der Waals surface area contributed by atoms with E-state index in [1.165, 1.54) is 4.88 Å². The van der Waals surface area contributed by atoms with Gasteiger partial charge in [-0.15, -0.1) is 11.3 Å². The maximum absolute atomic E-state index is 10.3. The fourth-order valence-electron chi connectivity index (χ4n) is 1.84. The molecule has 2 heterocycles. The highest BCUT2D eigenvalue weighted by atomic mass is 32.1. The van der Waals surface area contributed by atoms with Gasteiger partial charge in [0.2, 0.25) is 0 Å². The minimum Gasteiger partial charge on any atom is -0.383 e. The van der Waals surface area contributed by atoms with Crippen LogP contribution in [0.15, 0.2) is 17.6 Å². The molecular weight excluding hydrogens is 220 g/mol. The van der Waals surface area contributed by atoms with Crippen molar-refractivity contribution in [2.24, 2.45) is 7.05 Å². The molecule has 3 nitrogen and oxygen atoms in total. The topological polar surface area (TPSA) is 38.0 Å². The first-order valence-corrected chi connectivity index (χ1v) is 6.25. The molecular formula is C12H16N2OS. The molecule has 0 saturated carbocycles. The summed E-state index contributed by atoms with van der Waals surface area (Å²) in [4.78, 5) is 1.22. The fraction of sp³-hybridized carbons (Fsp3) is 0.417. The summed E-state index contributed by atoms with van der Waals surface area (Å²) < 4.78 is 1.76. The Morgan fingerprint density at radius 2 is 2.31 bits per heavy atom. The van der Waals surface area contributed by atoms with Crippen molar-refractivity contribution in [3.05, 3.63) is 39.3 Å². The lowest BCUT2D eigenvalue weighted by molar-refractivity contribution is 0.219. The van der Waals surface area contributed by atoms with Gasteiger partial charge in [-0.2, -0.15) is 5.10 Å². The molecule has 0 saturated heterocycles. The van der Waals surface area contributed by atoms with Crippen LogP contribution in [0.5, 0.6) is 0 Å². The van der Waals surface area contributed by atoms with Gasteiger partial charge in [0, 0.05) is 23.7 Å². The van der Waals surface area contributed by atoms with Crippen LogP contribution in [0.1, 0.15) is 34.7 Å². The summed E-state index contributed by atoms with van der Waals surface area (Å²) in [5.41, 5.74) is 2.85. The van der Waals surface area contributed by atoms with E-state index in [-0.39, 0.29) is 0 Å². The Hall–Kier alpha value is -1.13. The average Bonchev–Trinajstić information content (AvgIpc) is 2.83. The van der Waals surface area contributed by atoms with Gasteiger partial charge in [0.1, 0.15) is 6.10 Å². The van der Waals surface area contributed by atoms with E-state index in [4.69, 9.17) is 0 Å². The van der Waals surface area contributed by atoms with Crippen molar-refractivity contribution in [1.29, 1.82) is 0 Å². The molecule has 1 atom stereocenters. The number of aliphatic hydroxyl groups excluding tert-OH is 1. The van der Waals surface area contributed by atoms with Gasteiger partial charge in [0.25, 0.3) is 0 Å². The maximum Gasteiger partial charge on any atom is 0.108 e. The van der Waals surface area contributed by atoms with Crippen molar-refractivity contribution in [3.63, 3.8) is 0 Å². The zero-order chi connectivity index (χ0) is 11.7. The first kappa shape index (κ1) is 11.4. The van der Waals surface area contributed by atoms with Gasteiger partial charge < -0.3 is 5.11 Å². The Morgan fingerprint density at radius 1 is 1.56 bits per heavy atom. The molecule has 0 aliphatic rings. The van der Waals surface area contributed by atoms with E-state index in [1.54, 1.807) is 16.0 Å². The lowest BCUT2D eigenvalue weighted by Crippen LogP contribution is -2.00. The Labute approximate surface area is 99.4 Å². The van der Waals surface area contributed by atoms with Gasteiger partial charge in [0.15, 0.2) is 0 Å². The number of aliphatic hydroxyl groups is 1. The summed E-state index contributed by atoms with van der Waals surface area (Å²) in [6.45, 7) is 4.10.